The molecule has 1 fully saturated rings. The van der Waals surface area contributed by atoms with Gasteiger partial charge in [0.2, 0.25) is 0 Å². The van der Waals surface area contributed by atoms with Gasteiger partial charge < -0.3 is 15.1 Å². The number of rotatable bonds is 4. The van der Waals surface area contributed by atoms with Crippen LogP contribution >= 0.6 is 22.6 Å². The van der Waals surface area contributed by atoms with Gasteiger partial charge in [-0.1, -0.05) is 0 Å². The van der Waals surface area contributed by atoms with Crippen LogP contribution < -0.4 is 5.32 Å². The van der Waals surface area contributed by atoms with Crippen molar-refractivity contribution in [3.8, 4) is 6.07 Å². The average molecular weight is 438 g/mol. The molecule has 1 heterocycles. The number of amides is 1. The second kappa shape index (κ2) is 8.49. The van der Waals surface area contributed by atoms with Gasteiger partial charge >= 0.3 is 0 Å². The average Bonchev–Trinajstić information content (AvgIpc) is 2.55. The molecule has 0 radical (unpaired) electrons. The maximum Gasteiger partial charge on any atom is 0.267 e. The Balaban J connectivity index is 2.06. The Labute approximate surface area is 157 Å². The molecule has 1 saturated heterocycles. The molecule has 0 spiro atoms. The molecule has 5 nitrogen and oxygen atoms in total. The first-order chi connectivity index (χ1) is 11.4. The van der Waals surface area contributed by atoms with Crippen molar-refractivity contribution in [3.05, 3.63) is 39.1 Å². The van der Waals surface area contributed by atoms with Gasteiger partial charge in [-0.3, -0.25) is 4.79 Å². The van der Waals surface area contributed by atoms with Crippen molar-refractivity contribution in [1.29, 1.82) is 5.26 Å². The minimum atomic E-state index is -0.360. The van der Waals surface area contributed by atoms with E-state index in [0.717, 1.165) is 40.8 Å². The van der Waals surface area contributed by atoms with Crippen LogP contribution in [-0.2, 0) is 4.79 Å². The van der Waals surface area contributed by atoms with Crippen molar-refractivity contribution in [2.75, 3.05) is 32.5 Å². The summed E-state index contributed by atoms with van der Waals surface area (Å²) in [5, 5.41) is 12.2. The first-order valence-electron chi connectivity index (χ1n) is 8.00. The molecular formula is C18H23IN4O. The molecule has 6 heteroatoms. The summed E-state index contributed by atoms with van der Waals surface area (Å²) in [6, 6.07) is 8.20. The summed E-state index contributed by atoms with van der Waals surface area (Å²) >= 11 is 2.23. The van der Waals surface area contributed by atoms with E-state index in [1.807, 2.05) is 43.1 Å². The van der Waals surface area contributed by atoms with Crippen LogP contribution in [0.4, 0.5) is 5.69 Å². The first-order valence-corrected chi connectivity index (χ1v) is 9.08. The van der Waals surface area contributed by atoms with Gasteiger partial charge in [-0.2, -0.15) is 5.26 Å². The van der Waals surface area contributed by atoms with E-state index in [2.05, 4.69) is 39.9 Å². The molecule has 1 aromatic carbocycles. The minimum absolute atomic E-state index is 0.134. The van der Waals surface area contributed by atoms with Crippen molar-refractivity contribution in [2.24, 2.45) is 0 Å². The monoisotopic (exact) mass is 438 g/mol. The lowest BCUT2D eigenvalue weighted by atomic mass is 10.0. The Hall–Kier alpha value is -1.59. The number of piperidine rings is 1. The van der Waals surface area contributed by atoms with E-state index in [9.17, 15) is 10.1 Å². The van der Waals surface area contributed by atoms with Gasteiger partial charge in [-0.15, -0.1) is 0 Å². The summed E-state index contributed by atoms with van der Waals surface area (Å²) in [5.41, 5.74) is 1.86. The summed E-state index contributed by atoms with van der Waals surface area (Å²) in [5.74, 6) is -0.360. The Morgan fingerprint density at radius 1 is 1.46 bits per heavy atom. The third-order valence-electron chi connectivity index (χ3n) is 4.40. The molecule has 0 aliphatic carbocycles. The number of likely N-dealkylation sites (tertiary alicyclic amines) is 1. The van der Waals surface area contributed by atoms with E-state index in [-0.39, 0.29) is 11.5 Å². The van der Waals surface area contributed by atoms with Crippen LogP contribution in [-0.4, -0.2) is 48.9 Å². The lowest BCUT2D eigenvalue weighted by Gasteiger charge is -2.34. The molecule has 1 aromatic rings. The number of nitriles is 1. The first kappa shape index (κ1) is 18.7. The fourth-order valence-electron chi connectivity index (χ4n) is 2.81. The third kappa shape index (κ3) is 4.95. The second-order valence-corrected chi connectivity index (χ2v) is 7.51. The van der Waals surface area contributed by atoms with Crippen molar-refractivity contribution in [3.63, 3.8) is 0 Å². The molecule has 0 bridgehead atoms. The predicted molar refractivity (Wildman–Crippen MR) is 105 cm³/mol. The molecule has 1 amide bonds. The van der Waals surface area contributed by atoms with Crippen LogP contribution in [0.25, 0.3) is 0 Å². The topological polar surface area (TPSA) is 59.4 Å². The summed E-state index contributed by atoms with van der Waals surface area (Å²) in [6.45, 7) is 4.02. The van der Waals surface area contributed by atoms with Crippen LogP contribution in [0.2, 0.25) is 0 Å². The lowest BCUT2D eigenvalue weighted by Crippen LogP contribution is -2.40. The fourth-order valence-corrected chi connectivity index (χ4v) is 3.45. The van der Waals surface area contributed by atoms with Crippen LogP contribution in [0.1, 0.15) is 18.4 Å². The SMILES string of the molecule is Cc1cc(I)ccc1NC(=O)/C(C#N)=C\N(C)C1CCN(C)CC1. The summed E-state index contributed by atoms with van der Waals surface area (Å²) < 4.78 is 1.11. The number of nitrogens with zero attached hydrogens (tertiary/aromatic N) is 3. The zero-order chi connectivity index (χ0) is 17.7. The van der Waals surface area contributed by atoms with Gasteiger partial charge in [0.15, 0.2) is 0 Å². The van der Waals surface area contributed by atoms with E-state index in [1.54, 1.807) is 6.20 Å². The molecule has 0 unspecified atom stereocenters. The van der Waals surface area contributed by atoms with E-state index in [4.69, 9.17) is 0 Å². The third-order valence-corrected chi connectivity index (χ3v) is 5.07. The molecule has 0 atom stereocenters. The number of benzene rings is 1. The molecule has 0 aromatic heterocycles. The Bertz CT molecular complexity index is 672. The molecular weight excluding hydrogens is 415 g/mol. The Kier molecular flexibility index (Phi) is 6.63. The van der Waals surface area contributed by atoms with Gasteiger partial charge in [0.05, 0.1) is 0 Å². The molecule has 2 rings (SSSR count). The van der Waals surface area contributed by atoms with E-state index in [0.29, 0.717) is 6.04 Å². The number of carbonyl (C=O) groups excluding carboxylic acids is 1. The number of halogens is 1. The van der Waals surface area contributed by atoms with E-state index in [1.165, 1.54) is 0 Å². The predicted octanol–water partition coefficient (Wildman–Crippen LogP) is 2.97. The molecule has 128 valence electrons. The van der Waals surface area contributed by atoms with Crippen LogP contribution in [0.3, 0.4) is 0 Å². The smallest absolute Gasteiger partial charge is 0.267 e. The summed E-state index contributed by atoms with van der Waals surface area (Å²) in [4.78, 5) is 16.7. The molecule has 0 saturated carbocycles. The van der Waals surface area contributed by atoms with Crippen molar-refractivity contribution >= 4 is 34.2 Å². The van der Waals surface area contributed by atoms with Gasteiger partial charge in [0, 0.05) is 28.5 Å². The highest BCUT2D eigenvalue weighted by Crippen LogP contribution is 2.19. The summed E-state index contributed by atoms with van der Waals surface area (Å²) in [6.07, 6.45) is 3.76. The van der Waals surface area contributed by atoms with Crippen molar-refractivity contribution in [2.45, 2.75) is 25.8 Å². The maximum absolute atomic E-state index is 12.4. The van der Waals surface area contributed by atoms with Crippen molar-refractivity contribution in [1.82, 2.24) is 9.80 Å². The zero-order valence-electron chi connectivity index (χ0n) is 14.3. The molecule has 1 N–H and O–H groups in total. The summed E-state index contributed by atoms with van der Waals surface area (Å²) in [7, 11) is 4.06. The quantitative estimate of drug-likeness (QED) is 0.446. The van der Waals surface area contributed by atoms with Crippen LogP contribution in [0.5, 0.6) is 0 Å². The standard InChI is InChI=1S/C18H23IN4O/c1-13-10-15(19)4-5-17(13)21-18(24)14(11-20)12-23(3)16-6-8-22(2)9-7-16/h4-5,10,12,16H,6-9H2,1-3H3,(H,21,24)/b14-12-. The maximum atomic E-state index is 12.4. The van der Waals surface area contributed by atoms with Crippen molar-refractivity contribution < 1.29 is 4.79 Å². The number of anilines is 1. The second-order valence-electron chi connectivity index (χ2n) is 6.27. The number of carbonyl (C=O) groups is 1. The van der Waals surface area contributed by atoms with Gasteiger partial charge in [0.1, 0.15) is 11.6 Å². The Morgan fingerprint density at radius 3 is 2.71 bits per heavy atom. The lowest BCUT2D eigenvalue weighted by molar-refractivity contribution is -0.112. The Morgan fingerprint density at radius 2 is 2.12 bits per heavy atom. The number of hydrogen-bond donors (Lipinski definition) is 1. The van der Waals surface area contributed by atoms with Gasteiger partial charge in [0.25, 0.3) is 5.91 Å². The number of nitrogens with one attached hydrogen (secondary N) is 1. The zero-order valence-corrected chi connectivity index (χ0v) is 16.5. The highest BCUT2D eigenvalue weighted by Gasteiger charge is 2.20. The molecule has 24 heavy (non-hydrogen) atoms. The molecule has 1 aliphatic rings. The minimum Gasteiger partial charge on any atom is -0.376 e. The number of hydrogen-bond acceptors (Lipinski definition) is 4. The van der Waals surface area contributed by atoms with Crippen LogP contribution in [0.15, 0.2) is 30.0 Å². The van der Waals surface area contributed by atoms with Gasteiger partial charge in [-0.25, -0.2) is 0 Å². The highest BCUT2D eigenvalue weighted by molar-refractivity contribution is 14.1. The number of aryl methyl sites for hydroxylation is 1. The van der Waals surface area contributed by atoms with Gasteiger partial charge in [-0.05, 0) is 86.3 Å². The van der Waals surface area contributed by atoms with E-state index < -0.39 is 0 Å². The van der Waals surface area contributed by atoms with Crippen LogP contribution in [0, 0.1) is 21.8 Å². The normalized spacial score (nSPS) is 16.5. The fraction of sp³-hybridized carbons (Fsp3) is 0.444. The highest BCUT2D eigenvalue weighted by atomic mass is 127. The van der Waals surface area contributed by atoms with E-state index >= 15 is 0 Å². The molecule has 1 aliphatic heterocycles. The largest absolute Gasteiger partial charge is 0.376 e.